The molecule has 0 radical (unpaired) electrons. The highest BCUT2D eigenvalue weighted by Gasteiger charge is 2.00. The molecule has 5 heteroatoms. The fraction of sp³-hybridized carbons (Fsp3) is 0. The number of anilines is 2. The van der Waals surface area contributed by atoms with Crippen molar-refractivity contribution in [3.8, 4) is 0 Å². The Morgan fingerprint density at radius 1 is 0.680 bits per heavy atom. The lowest BCUT2D eigenvalue weighted by atomic mass is 10.3. The number of hydrogen-bond donors (Lipinski definition) is 2. The molecule has 3 aromatic rings. The number of benzene rings is 3. The summed E-state index contributed by atoms with van der Waals surface area (Å²) in [6.45, 7) is 0. The van der Waals surface area contributed by atoms with E-state index in [9.17, 15) is 9.59 Å². The van der Waals surface area contributed by atoms with E-state index in [0.717, 1.165) is 11.4 Å². The summed E-state index contributed by atoms with van der Waals surface area (Å²) >= 11 is 0. The highest BCUT2D eigenvalue weighted by Crippen LogP contribution is 2.08. The lowest BCUT2D eigenvalue weighted by Gasteiger charge is -2.06. The summed E-state index contributed by atoms with van der Waals surface area (Å²) in [5.41, 5.74) is 2.19. The number of carbonyl (C=O) groups is 1. The van der Waals surface area contributed by atoms with Gasteiger partial charge in [0.15, 0.2) is 0 Å². The van der Waals surface area contributed by atoms with E-state index < -0.39 is 0 Å². The normalized spacial score (nSPS) is 8.96. The number of hydrogen-bond acceptors (Lipinski definition) is 3. The molecule has 0 atom stereocenters. The topological polar surface area (TPSA) is 70.6 Å². The molecule has 0 saturated heterocycles. The predicted molar refractivity (Wildman–Crippen MR) is 99.7 cm³/mol. The zero-order chi connectivity index (χ0) is 17.7. The van der Waals surface area contributed by atoms with Gasteiger partial charge in [0.1, 0.15) is 0 Å². The second-order valence-corrected chi connectivity index (χ2v) is 4.85. The molecule has 0 unspecified atom stereocenters. The molecule has 25 heavy (non-hydrogen) atoms. The molecule has 0 aliphatic heterocycles. The Labute approximate surface area is 146 Å². The molecule has 0 aliphatic carbocycles. The van der Waals surface area contributed by atoms with Gasteiger partial charge in [-0.15, -0.1) is 0 Å². The van der Waals surface area contributed by atoms with Crippen LogP contribution in [0.3, 0.4) is 0 Å². The van der Waals surface area contributed by atoms with Crippen LogP contribution in [0.15, 0.2) is 96.0 Å². The molecular weight excluding hydrogens is 314 g/mol. The quantitative estimate of drug-likeness (QED) is 0.524. The van der Waals surface area contributed by atoms with Gasteiger partial charge in [-0.3, -0.25) is 0 Å². The third kappa shape index (κ3) is 6.95. The zero-order valence-electron chi connectivity index (χ0n) is 13.4. The molecule has 0 fully saturated rings. The predicted octanol–water partition coefficient (Wildman–Crippen LogP) is 4.98. The van der Waals surface area contributed by atoms with Crippen molar-refractivity contribution in [3.63, 3.8) is 0 Å². The molecule has 3 aromatic carbocycles. The number of rotatable bonds is 3. The Hall–Kier alpha value is -3.69. The van der Waals surface area contributed by atoms with Crippen molar-refractivity contribution in [3.05, 3.63) is 91.0 Å². The molecule has 0 spiro atoms. The summed E-state index contributed by atoms with van der Waals surface area (Å²) in [7, 11) is 0. The van der Waals surface area contributed by atoms with E-state index in [-0.39, 0.29) is 6.03 Å². The summed E-state index contributed by atoms with van der Waals surface area (Å²) in [5, 5.41) is 5.48. The van der Waals surface area contributed by atoms with Crippen LogP contribution in [0, 0.1) is 0 Å². The average Bonchev–Trinajstić information content (AvgIpc) is 2.65. The highest BCUT2D eigenvalue weighted by molar-refractivity contribution is 5.99. The maximum Gasteiger partial charge on any atom is 0.323 e. The van der Waals surface area contributed by atoms with Gasteiger partial charge in [-0.2, -0.15) is 4.99 Å². The van der Waals surface area contributed by atoms with Gasteiger partial charge in [0, 0.05) is 11.4 Å². The lowest BCUT2D eigenvalue weighted by molar-refractivity contribution is 0.262. The molecular formula is C20H17N3O2. The van der Waals surface area contributed by atoms with Crippen LogP contribution in [0.2, 0.25) is 0 Å². The molecule has 2 amide bonds. The standard InChI is InChI=1S/C13H12N2O.C7H5NO/c16-13(14-11-7-3-1-4-8-11)15-12-9-5-2-6-10-12;9-6-8-7-4-2-1-3-5-7/h1-10H,(H2,14,15,16);1-5H. The van der Waals surface area contributed by atoms with Crippen LogP contribution >= 0.6 is 0 Å². The number of nitrogens with zero attached hydrogens (tertiary/aromatic N) is 1. The van der Waals surface area contributed by atoms with E-state index >= 15 is 0 Å². The van der Waals surface area contributed by atoms with E-state index in [1.165, 1.54) is 6.08 Å². The molecule has 0 heterocycles. The first kappa shape index (κ1) is 17.7. The Morgan fingerprint density at radius 2 is 1.08 bits per heavy atom. The summed E-state index contributed by atoms with van der Waals surface area (Å²) in [6, 6.07) is 27.4. The Kier molecular flexibility index (Phi) is 7.17. The second-order valence-electron chi connectivity index (χ2n) is 4.85. The smallest absolute Gasteiger partial charge is 0.308 e. The minimum Gasteiger partial charge on any atom is -0.308 e. The molecule has 0 aromatic heterocycles. The van der Waals surface area contributed by atoms with Gasteiger partial charge in [-0.05, 0) is 36.4 Å². The third-order valence-electron chi connectivity index (χ3n) is 2.99. The van der Waals surface area contributed by atoms with Crippen molar-refractivity contribution in [1.29, 1.82) is 0 Å². The van der Waals surface area contributed by atoms with E-state index in [0.29, 0.717) is 5.69 Å². The SMILES string of the molecule is O=C(Nc1ccccc1)Nc1ccccc1.O=C=Nc1ccccc1. The van der Waals surface area contributed by atoms with Crippen molar-refractivity contribution >= 4 is 29.2 Å². The minimum atomic E-state index is -0.239. The van der Waals surface area contributed by atoms with Crippen LogP contribution in [0.5, 0.6) is 0 Å². The van der Waals surface area contributed by atoms with Crippen LogP contribution in [0.25, 0.3) is 0 Å². The summed E-state index contributed by atoms with van der Waals surface area (Å²) < 4.78 is 0. The van der Waals surface area contributed by atoms with Gasteiger partial charge < -0.3 is 10.6 Å². The number of isocyanates is 1. The van der Waals surface area contributed by atoms with Gasteiger partial charge in [-0.1, -0.05) is 54.6 Å². The van der Waals surface area contributed by atoms with Gasteiger partial charge in [0.2, 0.25) is 6.08 Å². The first-order valence-electron chi connectivity index (χ1n) is 7.59. The maximum absolute atomic E-state index is 11.6. The average molecular weight is 331 g/mol. The third-order valence-corrected chi connectivity index (χ3v) is 2.99. The van der Waals surface area contributed by atoms with Gasteiger partial charge in [0.25, 0.3) is 0 Å². The number of amides is 2. The van der Waals surface area contributed by atoms with E-state index in [4.69, 9.17) is 0 Å². The van der Waals surface area contributed by atoms with Crippen molar-refractivity contribution in [2.75, 3.05) is 10.6 Å². The van der Waals surface area contributed by atoms with Gasteiger partial charge >= 0.3 is 6.03 Å². The Balaban J connectivity index is 0.000000212. The highest BCUT2D eigenvalue weighted by atomic mass is 16.2. The van der Waals surface area contributed by atoms with Crippen LogP contribution in [-0.4, -0.2) is 12.1 Å². The molecule has 3 rings (SSSR count). The molecule has 124 valence electrons. The van der Waals surface area contributed by atoms with Crippen molar-refractivity contribution in [2.24, 2.45) is 4.99 Å². The van der Waals surface area contributed by atoms with Crippen LogP contribution in [0.4, 0.5) is 21.9 Å². The number of aliphatic imine (C=N–C) groups is 1. The molecule has 0 saturated carbocycles. The van der Waals surface area contributed by atoms with Gasteiger partial charge in [-0.25, -0.2) is 9.59 Å². The molecule has 0 bridgehead atoms. The number of carbonyl (C=O) groups excluding carboxylic acids is 2. The van der Waals surface area contributed by atoms with Gasteiger partial charge in [0.05, 0.1) is 5.69 Å². The fourth-order valence-electron chi connectivity index (χ4n) is 1.89. The summed E-state index contributed by atoms with van der Waals surface area (Å²) in [4.78, 5) is 24.6. The first-order valence-corrected chi connectivity index (χ1v) is 7.59. The number of urea groups is 1. The molecule has 0 aliphatic rings. The molecule has 5 nitrogen and oxygen atoms in total. The monoisotopic (exact) mass is 331 g/mol. The first-order chi connectivity index (χ1) is 12.3. The van der Waals surface area contributed by atoms with E-state index in [2.05, 4.69) is 15.6 Å². The Bertz CT molecular complexity index is 772. The zero-order valence-corrected chi connectivity index (χ0v) is 13.4. The second kappa shape index (κ2) is 10.2. The van der Waals surface area contributed by atoms with Crippen LogP contribution < -0.4 is 10.6 Å². The van der Waals surface area contributed by atoms with Crippen molar-refractivity contribution in [1.82, 2.24) is 0 Å². The van der Waals surface area contributed by atoms with E-state index in [1.54, 1.807) is 12.1 Å². The van der Waals surface area contributed by atoms with E-state index in [1.807, 2.05) is 78.9 Å². The largest absolute Gasteiger partial charge is 0.323 e. The number of para-hydroxylation sites is 3. The number of nitrogens with one attached hydrogen (secondary N) is 2. The summed E-state index contributed by atoms with van der Waals surface area (Å²) in [5.74, 6) is 0. The summed E-state index contributed by atoms with van der Waals surface area (Å²) in [6.07, 6.45) is 1.46. The van der Waals surface area contributed by atoms with Crippen LogP contribution in [0.1, 0.15) is 0 Å². The lowest BCUT2D eigenvalue weighted by Crippen LogP contribution is -2.19. The molecule has 2 N–H and O–H groups in total. The van der Waals surface area contributed by atoms with Crippen LogP contribution in [-0.2, 0) is 4.79 Å². The maximum atomic E-state index is 11.6. The minimum absolute atomic E-state index is 0.239. The fourth-order valence-corrected chi connectivity index (χ4v) is 1.89. The van der Waals surface area contributed by atoms with Crippen molar-refractivity contribution < 1.29 is 9.59 Å². The van der Waals surface area contributed by atoms with Crippen molar-refractivity contribution in [2.45, 2.75) is 0 Å². The Morgan fingerprint density at radius 3 is 1.48 bits per heavy atom.